The van der Waals surface area contributed by atoms with Crippen molar-refractivity contribution in [1.29, 1.82) is 0 Å². The average Bonchev–Trinajstić information content (AvgIpc) is 2.49. The zero-order valence-corrected chi connectivity index (χ0v) is 13.5. The van der Waals surface area contributed by atoms with Gasteiger partial charge in [-0.05, 0) is 37.3 Å². The molecule has 0 aliphatic rings. The molecule has 0 heterocycles. The third-order valence-corrected chi connectivity index (χ3v) is 3.45. The highest BCUT2D eigenvalue weighted by atomic mass is 79.9. The predicted octanol–water partition coefficient (Wildman–Crippen LogP) is 4.61. The van der Waals surface area contributed by atoms with Crippen LogP contribution >= 0.6 is 15.9 Å². The number of rotatable bonds is 6. The normalized spacial score (nSPS) is 10.3. The van der Waals surface area contributed by atoms with Crippen LogP contribution in [0.1, 0.15) is 12.5 Å². The molecule has 2 aromatic carbocycles. The van der Waals surface area contributed by atoms with E-state index < -0.39 is 0 Å². The molecule has 0 radical (unpaired) electrons. The SMILES string of the molecule is CCOc1ccc(NCc2cc(Br)ccc2F)cc1OC. The number of halogens is 2. The van der Waals surface area contributed by atoms with E-state index in [2.05, 4.69) is 21.2 Å². The summed E-state index contributed by atoms with van der Waals surface area (Å²) in [6, 6.07) is 10.4. The Bertz CT molecular complexity index is 619. The Kier molecular flexibility index (Phi) is 5.44. The van der Waals surface area contributed by atoms with E-state index in [1.165, 1.54) is 6.07 Å². The molecule has 2 aromatic rings. The molecule has 112 valence electrons. The second-order valence-electron chi connectivity index (χ2n) is 4.39. The van der Waals surface area contributed by atoms with Gasteiger partial charge in [-0.3, -0.25) is 0 Å². The first kappa shape index (κ1) is 15.6. The zero-order valence-electron chi connectivity index (χ0n) is 12.0. The lowest BCUT2D eigenvalue weighted by Gasteiger charge is -2.12. The first-order valence-electron chi connectivity index (χ1n) is 6.62. The van der Waals surface area contributed by atoms with E-state index in [0.717, 1.165) is 10.2 Å². The van der Waals surface area contributed by atoms with Crippen LogP contribution < -0.4 is 14.8 Å². The molecule has 0 aliphatic heterocycles. The van der Waals surface area contributed by atoms with Gasteiger partial charge in [-0.1, -0.05) is 15.9 Å². The van der Waals surface area contributed by atoms with E-state index in [1.54, 1.807) is 19.2 Å². The van der Waals surface area contributed by atoms with E-state index in [0.29, 0.717) is 30.2 Å². The molecule has 1 N–H and O–H groups in total. The van der Waals surface area contributed by atoms with E-state index >= 15 is 0 Å². The highest BCUT2D eigenvalue weighted by Crippen LogP contribution is 2.30. The lowest BCUT2D eigenvalue weighted by Crippen LogP contribution is -2.03. The number of anilines is 1. The fraction of sp³-hybridized carbons (Fsp3) is 0.250. The lowest BCUT2D eigenvalue weighted by molar-refractivity contribution is 0.311. The third-order valence-electron chi connectivity index (χ3n) is 2.95. The van der Waals surface area contributed by atoms with Crippen LogP contribution in [-0.2, 0) is 6.54 Å². The van der Waals surface area contributed by atoms with Gasteiger partial charge in [0, 0.05) is 28.3 Å². The minimum absolute atomic E-state index is 0.233. The monoisotopic (exact) mass is 353 g/mol. The van der Waals surface area contributed by atoms with Crippen molar-refractivity contribution in [2.75, 3.05) is 19.0 Å². The number of hydrogen-bond donors (Lipinski definition) is 1. The Morgan fingerprint density at radius 2 is 1.95 bits per heavy atom. The molecule has 0 saturated heterocycles. The number of hydrogen-bond acceptors (Lipinski definition) is 3. The molecule has 0 spiro atoms. The minimum Gasteiger partial charge on any atom is -0.493 e. The van der Waals surface area contributed by atoms with Gasteiger partial charge in [-0.25, -0.2) is 4.39 Å². The van der Waals surface area contributed by atoms with Crippen LogP contribution in [0.15, 0.2) is 40.9 Å². The van der Waals surface area contributed by atoms with Gasteiger partial charge < -0.3 is 14.8 Å². The molecular weight excluding hydrogens is 337 g/mol. The molecule has 0 saturated carbocycles. The third kappa shape index (κ3) is 4.11. The first-order valence-corrected chi connectivity index (χ1v) is 7.42. The van der Waals surface area contributed by atoms with Gasteiger partial charge in [0.15, 0.2) is 11.5 Å². The van der Waals surface area contributed by atoms with Gasteiger partial charge in [0.1, 0.15) is 5.82 Å². The lowest BCUT2D eigenvalue weighted by atomic mass is 10.2. The maximum atomic E-state index is 13.7. The molecule has 0 fully saturated rings. The van der Waals surface area contributed by atoms with Crippen molar-refractivity contribution in [3.8, 4) is 11.5 Å². The molecule has 0 amide bonds. The van der Waals surface area contributed by atoms with Gasteiger partial charge in [0.05, 0.1) is 13.7 Å². The number of ether oxygens (including phenoxy) is 2. The van der Waals surface area contributed by atoms with Crippen LogP contribution in [0.5, 0.6) is 11.5 Å². The molecule has 2 rings (SSSR count). The predicted molar refractivity (Wildman–Crippen MR) is 85.6 cm³/mol. The molecule has 5 heteroatoms. The summed E-state index contributed by atoms with van der Waals surface area (Å²) in [5.41, 5.74) is 1.44. The largest absolute Gasteiger partial charge is 0.493 e. The van der Waals surface area contributed by atoms with Crippen molar-refractivity contribution in [3.63, 3.8) is 0 Å². The van der Waals surface area contributed by atoms with Gasteiger partial charge in [-0.15, -0.1) is 0 Å². The van der Waals surface area contributed by atoms with Crippen LogP contribution in [-0.4, -0.2) is 13.7 Å². The Balaban J connectivity index is 2.11. The Morgan fingerprint density at radius 1 is 1.14 bits per heavy atom. The molecular formula is C16H17BrFNO2. The summed E-state index contributed by atoms with van der Waals surface area (Å²) in [5.74, 6) is 1.11. The van der Waals surface area contributed by atoms with Crippen molar-refractivity contribution in [2.24, 2.45) is 0 Å². The van der Waals surface area contributed by atoms with E-state index in [-0.39, 0.29) is 5.82 Å². The molecule has 21 heavy (non-hydrogen) atoms. The summed E-state index contributed by atoms with van der Waals surface area (Å²) in [6.07, 6.45) is 0. The number of nitrogens with one attached hydrogen (secondary N) is 1. The molecule has 0 bridgehead atoms. The van der Waals surface area contributed by atoms with Crippen molar-refractivity contribution in [1.82, 2.24) is 0 Å². The van der Waals surface area contributed by atoms with Gasteiger partial charge in [0.25, 0.3) is 0 Å². The average molecular weight is 354 g/mol. The summed E-state index contributed by atoms with van der Waals surface area (Å²) in [7, 11) is 1.59. The fourth-order valence-electron chi connectivity index (χ4n) is 1.93. The maximum Gasteiger partial charge on any atom is 0.162 e. The van der Waals surface area contributed by atoms with Crippen molar-refractivity contribution in [3.05, 3.63) is 52.3 Å². The van der Waals surface area contributed by atoms with Crippen LogP contribution in [0.4, 0.5) is 10.1 Å². The zero-order chi connectivity index (χ0) is 15.2. The fourth-order valence-corrected chi connectivity index (χ4v) is 2.34. The highest BCUT2D eigenvalue weighted by Gasteiger charge is 2.07. The minimum atomic E-state index is -0.233. The molecule has 3 nitrogen and oxygen atoms in total. The van der Waals surface area contributed by atoms with Gasteiger partial charge in [-0.2, -0.15) is 0 Å². The van der Waals surface area contributed by atoms with Crippen molar-refractivity contribution >= 4 is 21.6 Å². The summed E-state index contributed by atoms with van der Waals surface area (Å²) >= 11 is 3.34. The molecule has 0 aliphatic carbocycles. The Morgan fingerprint density at radius 3 is 2.67 bits per heavy atom. The Hall–Kier alpha value is -1.75. The summed E-state index contributed by atoms with van der Waals surface area (Å²) < 4.78 is 25.3. The number of methoxy groups -OCH3 is 1. The van der Waals surface area contributed by atoms with Crippen LogP contribution in [0.25, 0.3) is 0 Å². The highest BCUT2D eigenvalue weighted by molar-refractivity contribution is 9.10. The Labute approximate surface area is 132 Å². The van der Waals surface area contributed by atoms with Crippen LogP contribution in [0, 0.1) is 5.82 Å². The number of benzene rings is 2. The molecule has 0 unspecified atom stereocenters. The van der Waals surface area contributed by atoms with Crippen LogP contribution in [0.2, 0.25) is 0 Å². The van der Waals surface area contributed by atoms with Crippen molar-refractivity contribution < 1.29 is 13.9 Å². The van der Waals surface area contributed by atoms with Gasteiger partial charge >= 0.3 is 0 Å². The van der Waals surface area contributed by atoms with E-state index in [4.69, 9.17) is 9.47 Å². The smallest absolute Gasteiger partial charge is 0.162 e. The van der Waals surface area contributed by atoms with Gasteiger partial charge in [0.2, 0.25) is 0 Å². The summed E-state index contributed by atoms with van der Waals surface area (Å²) in [4.78, 5) is 0. The maximum absolute atomic E-state index is 13.7. The van der Waals surface area contributed by atoms with E-state index in [1.807, 2.05) is 25.1 Å². The second-order valence-corrected chi connectivity index (χ2v) is 5.30. The molecule has 0 aromatic heterocycles. The first-order chi connectivity index (χ1) is 10.1. The molecule has 0 atom stereocenters. The summed E-state index contributed by atoms with van der Waals surface area (Å²) in [5, 5.41) is 3.18. The van der Waals surface area contributed by atoms with E-state index in [9.17, 15) is 4.39 Å². The quantitative estimate of drug-likeness (QED) is 0.822. The topological polar surface area (TPSA) is 30.5 Å². The standard InChI is InChI=1S/C16H17BrFNO2/c1-3-21-15-7-5-13(9-16(15)20-2)19-10-11-8-12(17)4-6-14(11)18/h4-9,19H,3,10H2,1-2H3. The van der Waals surface area contributed by atoms with Crippen molar-refractivity contribution in [2.45, 2.75) is 13.5 Å². The van der Waals surface area contributed by atoms with Crippen LogP contribution in [0.3, 0.4) is 0 Å². The second kappa shape index (κ2) is 7.31. The summed E-state index contributed by atoms with van der Waals surface area (Å²) in [6.45, 7) is 2.89.